The zero-order valence-corrected chi connectivity index (χ0v) is 17.2. The van der Waals surface area contributed by atoms with E-state index < -0.39 is 0 Å². The third-order valence-corrected chi connectivity index (χ3v) is 5.54. The second-order valence-electron chi connectivity index (χ2n) is 7.72. The van der Waals surface area contributed by atoms with Gasteiger partial charge in [-0.2, -0.15) is 0 Å². The van der Waals surface area contributed by atoms with Crippen molar-refractivity contribution in [1.29, 1.82) is 0 Å². The van der Waals surface area contributed by atoms with Gasteiger partial charge in [0.1, 0.15) is 5.82 Å². The molecule has 1 aliphatic heterocycles. The van der Waals surface area contributed by atoms with Crippen LogP contribution in [0.5, 0.6) is 0 Å². The van der Waals surface area contributed by atoms with Crippen molar-refractivity contribution < 1.29 is 18.9 Å². The van der Waals surface area contributed by atoms with Gasteiger partial charge in [-0.25, -0.2) is 4.39 Å². The van der Waals surface area contributed by atoms with E-state index in [-0.39, 0.29) is 17.6 Å². The Bertz CT molecular complexity index is 1030. The number of anilines is 1. The molecule has 3 aromatic rings. The van der Waals surface area contributed by atoms with Gasteiger partial charge in [0.25, 0.3) is 11.8 Å². The molecule has 4 rings (SSSR count). The van der Waals surface area contributed by atoms with E-state index in [1.165, 1.54) is 12.1 Å². The number of nitrogens with zero attached hydrogens (tertiary/aromatic N) is 1. The molecule has 0 unspecified atom stereocenters. The van der Waals surface area contributed by atoms with Gasteiger partial charge in [0, 0.05) is 11.3 Å². The van der Waals surface area contributed by atoms with Gasteiger partial charge >= 0.3 is 0 Å². The molecule has 0 aromatic heterocycles. The molecule has 2 N–H and O–H groups in total. The third-order valence-electron chi connectivity index (χ3n) is 5.54. The standard InChI is InChI=1S/C25H24FN3O2/c26-22-10-12-23(13-11-22)27-24(30)18-28-14-16-29(17-15-28)25(31)21-8-6-20(7-9-21)19-4-2-1-3-5-19/h1-13H,14-18H2,(H,27,30)/p+1. The number of nitrogens with one attached hydrogen (secondary N) is 2. The molecule has 1 fully saturated rings. The number of carbonyl (C=O) groups excluding carboxylic acids is 2. The van der Waals surface area contributed by atoms with E-state index in [0.717, 1.165) is 16.0 Å². The summed E-state index contributed by atoms with van der Waals surface area (Å²) in [6, 6.07) is 23.5. The van der Waals surface area contributed by atoms with Crippen LogP contribution in [0.2, 0.25) is 0 Å². The number of benzene rings is 3. The number of hydrogen-bond donors (Lipinski definition) is 2. The lowest BCUT2D eigenvalue weighted by Gasteiger charge is -2.32. The molecule has 1 saturated heterocycles. The van der Waals surface area contributed by atoms with Crippen LogP contribution < -0.4 is 10.2 Å². The second kappa shape index (κ2) is 9.53. The van der Waals surface area contributed by atoms with Crippen LogP contribution in [-0.4, -0.2) is 49.4 Å². The first kappa shape index (κ1) is 20.8. The second-order valence-corrected chi connectivity index (χ2v) is 7.72. The van der Waals surface area contributed by atoms with Crippen molar-refractivity contribution in [2.24, 2.45) is 0 Å². The maximum absolute atomic E-state index is 13.0. The number of hydrogen-bond acceptors (Lipinski definition) is 2. The van der Waals surface area contributed by atoms with Gasteiger partial charge in [-0.15, -0.1) is 0 Å². The summed E-state index contributed by atoms with van der Waals surface area (Å²) < 4.78 is 13.0. The molecule has 0 spiro atoms. The molecular weight excluding hydrogens is 393 g/mol. The quantitative estimate of drug-likeness (QED) is 0.669. The van der Waals surface area contributed by atoms with Crippen LogP contribution in [0.3, 0.4) is 0 Å². The minimum Gasteiger partial charge on any atom is -0.327 e. The minimum atomic E-state index is -0.334. The first-order chi connectivity index (χ1) is 15.1. The zero-order valence-electron chi connectivity index (χ0n) is 17.2. The Morgan fingerprint density at radius 1 is 0.839 bits per heavy atom. The van der Waals surface area contributed by atoms with Crippen LogP contribution in [0.4, 0.5) is 10.1 Å². The molecule has 1 aliphatic rings. The maximum Gasteiger partial charge on any atom is 0.279 e. The van der Waals surface area contributed by atoms with Gasteiger partial charge in [0.2, 0.25) is 0 Å². The molecule has 0 radical (unpaired) electrons. The largest absolute Gasteiger partial charge is 0.327 e. The minimum absolute atomic E-state index is 0.0226. The van der Waals surface area contributed by atoms with Gasteiger partial charge in [-0.05, 0) is 47.5 Å². The number of halogens is 1. The highest BCUT2D eigenvalue weighted by atomic mass is 19.1. The molecule has 0 atom stereocenters. The van der Waals surface area contributed by atoms with E-state index in [4.69, 9.17) is 0 Å². The molecule has 5 nitrogen and oxygen atoms in total. The van der Waals surface area contributed by atoms with Crippen LogP contribution in [-0.2, 0) is 4.79 Å². The summed E-state index contributed by atoms with van der Waals surface area (Å²) in [5.41, 5.74) is 3.46. The fourth-order valence-electron chi connectivity index (χ4n) is 3.79. The highest BCUT2D eigenvalue weighted by Gasteiger charge is 2.26. The average Bonchev–Trinajstić information content (AvgIpc) is 2.81. The fourth-order valence-corrected chi connectivity index (χ4v) is 3.79. The third kappa shape index (κ3) is 5.35. The van der Waals surface area contributed by atoms with Crippen LogP contribution in [0, 0.1) is 5.82 Å². The topological polar surface area (TPSA) is 53.9 Å². The number of rotatable bonds is 5. The predicted octanol–water partition coefficient (Wildman–Crippen LogP) is 2.47. The number of carbonyl (C=O) groups is 2. The van der Waals surface area contributed by atoms with Gasteiger partial charge < -0.3 is 15.1 Å². The molecule has 3 aromatic carbocycles. The van der Waals surface area contributed by atoms with Crippen molar-refractivity contribution in [2.75, 3.05) is 38.0 Å². The predicted molar refractivity (Wildman–Crippen MR) is 118 cm³/mol. The molecule has 1 heterocycles. The maximum atomic E-state index is 13.0. The highest BCUT2D eigenvalue weighted by Crippen LogP contribution is 2.19. The molecule has 158 valence electrons. The van der Waals surface area contributed by atoms with Crippen LogP contribution in [0.25, 0.3) is 11.1 Å². The average molecular weight is 418 g/mol. The van der Waals surface area contributed by atoms with Crippen molar-refractivity contribution in [1.82, 2.24) is 4.90 Å². The van der Waals surface area contributed by atoms with Gasteiger partial charge in [0.15, 0.2) is 6.54 Å². The van der Waals surface area contributed by atoms with Crippen molar-refractivity contribution in [3.05, 3.63) is 90.2 Å². The molecule has 2 amide bonds. The van der Waals surface area contributed by atoms with Crippen LogP contribution >= 0.6 is 0 Å². The molecular formula is C25H25FN3O2+. The number of quaternary nitrogens is 1. The van der Waals surface area contributed by atoms with E-state index in [9.17, 15) is 14.0 Å². The summed E-state index contributed by atoms with van der Waals surface area (Å²) in [5, 5.41) is 2.79. The smallest absolute Gasteiger partial charge is 0.279 e. The Kier molecular flexibility index (Phi) is 6.38. The SMILES string of the molecule is O=C(C[NH+]1CCN(C(=O)c2ccc(-c3ccccc3)cc2)CC1)Nc1ccc(F)cc1. The Balaban J connectivity index is 1.27. The fraction of sp³-hybridized carbons (Fsp3) is 0.200. The van der Waals surface area contributed by atoms with Gasteiger partial charge in [0.05, 0.1) is 26.2 Å². The summed E-state index contributed by atoms with van der Waals surface area (Å²) in [4.78, 5) is 28.1. The van der Waals surface area contributed by atoms with Crippen molar-refractivity contribution in [3.8, 4) is 11.1 Å². The normalized spacial score (nSPS) is 14.3. The highest BCUT2D eigenvalue weighted by molar-refractivity contribution is 5.95. The number of piperazine rings is 1. The van der Waals surface area contributed by atoms with Gasteiger partial charge in [-0.1, -0.05) is 42.5 Å². The summed E-state index contributed by atoms with van der Waals surface area (Å²) >= 11 is 0. The summed E-state index contributed by atoms with van der Waals surface area (Å²) in [6.07, 6.45) is 0. The van der Waals surface area contributed by atoms with Crippen molar-refractivity contribution in [2.45, 2.75) is 0 Å². The van der Waals surface area contributed by atoms with Crippen LogP contribution in [0.1, 0.15) is 10.4 Å². The molecule has 6 heteroatoms. The summed E-state index contributed by atoms with van der Waals surface area (Å²) in [5.74, 6) is -0.425. The van der Waals surface area contributed by atoms with E-state index in [0.29, 0.717) is 44.0 Å². The summed E-state index contributed by atoms with van der Waals surface area (Å²) in [6.45, 7) is 2.97. The van der Waals surface area contributed by atoms with E-state index in [1.807, 2.05) is 59.5 Å². The number of amides is 2. The molecule has 31 heavy (non-hydrogen) atoms. The first-order valence-electron chi connectivity index (χ1n) is 10.4. The lowest BCUT2D eigenvalue weighted by molar-refractivity contribution is -0.895. The lowest BCUT2D eigenvalue weighted by atomic mass is 10.0. The Hall–Kier alpha value is -3.51. The Morgan fingerprint density at radius 2 is 1.45 bits per heavy atom. The van der Waals surface area contributed by atoms with Gasteiger partial charge in [-0.3, -0.25) is 9.59 Å². The first-order valence-corrected chi connectivity index (χ1v) is 10.4. The summed E-state index contributed by atoms with van der Waals surface area (Å²) in [7, 11) is 0. The molecule has 0 bridgehead atoms. The lowest BCUT2D eigenvalue weighted by Crippen LogP contribution is -3.15. The monoisotopic (exact) mass is 418 g/mol. The molecule has 0 aliphatic carbocycles. The van der Waals surface area contributed by atoms with Crippen LogP contribution in [0.15, 0.2) is 78.9 Å². The molecule has 0 saturated carbocycles. The van der Waals surface area contributed by atoms with E-state index >= 15 is 0 Å². The zero-order chi connectivity index (χ0) is 21.6. The van der Waals surface area contributed by atoms with E-state index in [2.05, 4.69) is 5.32 Å². The Labute approximate surface area is 181 Å². The van der Waals surface area contributed by atoms with Crippen molar-refractivity contribution >= 4 is 17.5 Å². The Morgan fingerprint density at radius 3 is 2.10 bits per heavy atom. The van der Waals surface area contributed by atoms with Crippen molar-refractivity contribution in [3.63, 3.8) is 0 Å². The van der Waals surface area contributed by atoms with E-state index in [1.54, 1.807) is 12.1 Å².